The molecule has 11 heteroatoms. The van der Waals surface area contributed by atoms with E-state index in [1.54, 1.807) is 6.07 Å². The summed E-state index contributed by atoms with van der Waals surface area (Å²) >= 11 is 6.27. The van der Waals surface area contributed by atoms with E-state index < -0.39 is 34.2 Å². The van der Waals surface area contributed by atoms with Crippen molar-refractivity contribution < 1.29 is 28.4 Å². The lowest BCUT2D eigenvalue weighted by molar-refractivity contribution is -0.384. The van der Waals surface area contributed by atoms with Crippen LogP contribution in [0.2, 0.25) is 5.02 Å². The van der Waals surface area contributed by atoms with Crippen LogP contribution in [0.1, 0.15) is 11.1 Å². The lowest BCUT2D eigenvalue weighted by atomic mass is 10.1. The lowest BCUT2D eigenvalue weighted by Crippen LogP contribution is -2.54. The van der Waals surface area contributed by atoms with Crippen LogP contribution in [0.3, 0.4) is 0 Å². The molecular weight excluding hydrogens is 481 g/mol. The number of amides is 4. The summed E-state index contributed by atoms with van der Waals surface area (Å²) in [5.41, 5.74) is 0.144. The van der Waals surface area contributed by atoms with Gasteiger partial charge in [-0.3, -0.25) is 25.0 Å². The molecule has 0 aromatic heterocycles. The zero-order chi connectivity index (χ0) is 25.1. The summed E-state index contributed by atoms with van der Waals surface area (Å²) in [6.45, 7) is 0.0163. The van der Waals surface area contributed by atoms with Gasteiger partial charge in [0.2, 0.25) is 0 Å². The Morgan fingerprint density at radius 3 is 2.54 bits per heavy atom. The highest BCUT2D eigenvalue weighted by Crippen LogP contribution is 2.29. The van der Waals surface area contributed by atoms with Crippen molar-refractivity contribution in [3.05, 3.63) is 104 Å². The van der Waals surface area contributed by atoms with E-state index in [1.165, 1.54) is 60.7 Å². The van der Waals surface area contributed by atoms with Crippen LogP contribution in [-0.2, 0) is 16.2 Å². The molecule has 0 atom stereocenters. The molecule has 1 heterocycles. The molecule has 0 radical (unpaired) electrons. The third-order valence-corrected chi connectivity index (χ3v) is 5.27. The van der Waals surface area contributed by atoms with Gasteiger partial charge in [-0.2, -0.15) is 0 Å². The minimum absolute atomic E-state index is 0.0163. The van der Waals surface area contributed by atoms with Crippen LogP contribution >= 0.6 is 11.6 Å². The van der Waals surface area contributed by atoms with E-state index >= 15 is 0 Å². The molecular formula is C24H15ClFN3O6. The summed E-state index contributed by atoms with van der Waals surface area (Å²) in [5, 5.41) is 13.1. The largest absolute Gasteiger partial charge is 0.487 e. The van der Waals surface area contributed by atoms with Crippen molar-refractivity contribution in [1.29, 1.82) is 0 Å². The number of imide groups is 2. The Morgan fingerprint density at radius 1 is 1.06 bits per heavy atom. The molecule has 4 amide bonds. The number of carbonyl (C=O) groups is 3. The number of carbonyl (C=O) groups excluding carboxylic acids is 3. The number of rotatable bonds is 6. The van der Waals surface area contributed by atoms with Crippen molar-refractivity contribution in [2.45, 2.75) is 6.61 Å². The first-order valence-corrected chi connectivity index (χ1v) is 10.4. The minimum Gasteiger partial charge on any atom is -0.487 e. The molecule has 0 unspecified atom stereocenters. The number of anilines is 1. The molecule has 9 nitrogen and oxygen atoms in total. The van der Waals surface area contributed by atoms with Gasteiger partial charge in [-0.05, 0) is 41.5 Å². The summed E-state index contributed by atoms with van der Waals surface area (Å²) in [6, 6.07) is 14.5. The molecule has 35 heavy (non-hydrogen) atoms. The standard InChI is InChI=1S/C24H15ClFN3O6/c25-18-12-14(8-9-21(18)35-13-15-4-3-5-16(10-15)29(33)34)11-17-22(30)27-24(32)28(23(17)31)20-7-2-1-6-19(20)26/h1-12H,13H2,(H,27,30,32)/b17-11-. The van der Waals surface area contributed by atoms with Crippen LogP contribution in [0.4, 0.5) is 20.6 Å². The monoisotopic (exact) mass is 495 g/mol. The smallest absolute Gasteiger partial charge is 0.336 e. The minimum atomic E-state index is -1.06. The van der Waals surface area contributed by atoms with Gasteiger partial charge in [0.05, 0.1) is 15.6 Å². The number of ether oxygens (including phenoxy) is 1. The molecule has 0 bridgehead atoms. The highest BCUT2D eigenvalue weighted by atomic mass is 35.5. The Balaban J connectivity index is 1.55. The van der Waals surface area contributed by atoms with Crippen LogP contribution in [0.25, 0.3) is 6.08 Å². The van der Waals surface area contributed by atoms with Gasteiger partial charge in [0.25, 0.3) is 17.5 Å². The van der Waals surface area contributed by atoms with Gasteiger partial charge in [-0.1, -0.05) is 41.9 Å². The number of hydrogen-bond acceptors (Lipinski definition) is 6. The maximum atomic E-state index is 14.2. The number of nitro groups is 1. The number of nitro benzene ring substituents is 1. The second-order valence-corrected chi connectivity index (χ2v) is 7.72. The zero-order valence-electron chi connectivity index (χ0n) is 17.7. The molecule has 4 rings (SSSR count). The predicted octanol–water partition coefficient (Wildman–Crippen LogP) is 4.63. The van der Waals surface area contributed by atoms with E-state index in [0.29, 0.717) is 16.0 Å². The second kappa shape index (κ2) is 9.74. The fourth-order valence-corrected chi connectivity index (χ4v) is 3.56. The van der Waals surface area contributed by atoms with Crippen LogP contribution in [0, 0.1) is 15.9 Å². The first-order valence-electron chi connectivity index (χ1n) is 10.1. The quantitative estimate of drug-likeness (QED) is 0.230. The molecule has 3 aromatic rings. The fraction of sp³-hybridized carbons (Fsp3) is 0.0417. The predicted molar refractivity (Wildman–Crippen MR) is 124 cm³/mol. The summed E-state index contributed by atoms with van der Waals surface area (Å²) in [5.74, 6) is -2.47. The van der Waals surface area contributed by atoms with Gasteiger partial charge in [0, 0.05) is 12.1 Å². The van der Waals surface area contributed by atoms with Crippen molar-refractivity contribution in [1.82, 2.24) is 5.32 Å². The number of urea groups is 1. The molecule has 1 fully saturated rings. The Kier molecular flexibility index (Phi) is 6.56. The topological polar surface area (TPSA) is 119 Å². The summed E-state index contributed by atoms with van der Waals surface area (Å²) in [6.07, 6.45) is 1.22. The van der Waals surface area contributed by atoms with Gasteiger partial charge in [0.1, 0.15) is 23.7 Å². The summed E-state index contributed by atoms with van der Waals surface area (Å²) < 4.78 is 19.8. The fourth-order valence-electron chi connectivity index (χ4n) is 3.32. The maximum absolute atomic E-state index is 14.2. The molecule has 0 spiro atoms. The van der Waals surface area contributed by atoms with Crippen LogP contribution in [0.15, 0.2) is 72.3 Å². The summed E-state index contributed by atoms with van der Waals surface area (Å²) in [7, 11) is 0. The van der Waals surface area contributed by atoms with Crippen LogP contribution in [0.5, 0.6) is 5.75 Å². The molecule has 1 saturated heterocycles. The number of barbiturate groups is 1. The number of para-hydroxylation sites is 1. The molecule has 0 saturated carbocycles. The second-order valence-electron chi connectivity index (χ2n) is 7.31. The molecule has 1 aliphatic heterocycles. The van der Waals surface area contributed by atoms with E-state index in [2.05, 4.69) is 0 Å². The number of benzene rings is 3. The van der Waals surface area contributed by atoms with E-state index in [9.17, 15) is 28.9 Å². The Hall–Kier alpha value is -4.57. The molecule has 0 aliphatic carbocycles. The van der Waals surface area contributed by atoms with Crippen molar-refractivity contribution in [2.75, 3.05) is 4.90 Å². The average Bonchev–Trinajstić information content (AvgIpc) is 2.82. The SMILES string of the molecule is O=C1NC(=O)N(c2ccccc2F)C(=O)/C1=C\c1ccc(OCc2cccc([N+](=O)[O-])c2)c(Cl)c1. The molecule has 1 aliphatic rings. The molecule has 3 aromatic carbocycles. The van der Waals surface area contributed by atoms with Gasteiger partial charge in [-0.15, -0.1) is 0 Å². The van der Waals surface area contributed by atoms with Crippen molar-refractivity contribution >= 4 is 46.9 Å². The molecule has 176 valence electrons. The highest BCUT2D eigenvalue weighted by molar-refractivity contribution is 6.39. The van der Waals surface area contributed by atoms with Crippen molar-refractivity contribution in [3.63, 3.8) is 0 Å². The third-order valence-electron chi connectivity index (χ3n) is 4.98. The van der Waals surface area contributed by atoms with E-state index in [1.807, 2.05) is 5.32 Å². The third kappa shape index (κ3) is 5.02. The zero-order valence-corrected chi connectivity index (χ0v) is 18.5. The van der Waals surface area contributed by atoms with Crippen molar-refractivity contribution in [2.24, 2.45) is 0 Å². The molecule has 1 N–H and O–H groups in total. The first-order chi connectivity index (χ1) is 16.7. The first kappa shape index (κ1) is 23.6. The van der Waals surface area contributed by atoms with E-state index in [4.69, 9.17) is 16.3 Å². The Morgan fingerprint density at radius 2 is 1.83 bits per heavy atom. The van der Waals surface area contributed by atoms with Gasteiger partial charge in [0.15, 0.2) is 0 Å². The van der Waals surface area contributed by atoms with Crippen LogP contribution in [-0.4, -0.2) is 22.8 Å². The summed E-state index contributed by atoms with van der Waals surface area (Å²) in [4.78, 5) is 48.4. The number of nitrogens with one attached hydrogen (secondary N) is 1. The number of nitrogens with zero attached hydrogens (tertiary/aromatic N) is 2. The maximum Gasteiger partial charge on any atom is 0.336 e. The lowest BCUT2D eigenvalue weighted by Gasteiger charge is -2.26. The number of hydrogen-bond donors (Lipinski definition) is 1. The van der Waals surface area contributed by atoms with Gasteiger partial charge >= 0.3 is 6.03 Å². The van der Waals surface area contributed by atoms with E-state index in [-0.39, 0.29) is 28.8 Å². The van der Waals surface area contributed by atoms with Crippen LogP contribution < -0.4 is 15.0 Å². The van der Waals surface area contributed by atoms with Gasteiger partial charge in [-0.25, -0.2) is 14.1 Å². The Bertz CT molecular complexity index is 1410. The normalized spacial score (nSPS) is 14.7. The number of non-ortho nitro benzene ring substituents is 1. The van der Waals surface area contributed by atoms with Gasteiger partial charge < -0.3 is 4.74 Å². The highest BCUT2D eigenvalue weighted by Gasteiger charge is 2.37. The number of halogens is 2. The average molecular weight is 496 g/mol. The Labute approximate surface area is 202 Å². The van der Waals surface area contributed by atoms with E-state index in [0.717, 1.165) is 6.07 Å². The van der Waals surface area contributed by atoms with Crippen molar-refractivity contribution in [3.8, 4) is 5.75 Å².